The van der Waals surface area contributed by atoms with Crippen LogP contribution < -0.4 is 15.6 Å². The van der Waals surface area contributed by atoms with Crippen LogP contribution in [0.3, 0.4) is 0 Å². The van der Waals surface area contributed by atoms with Crippen LogP contribution in [0.15, 0.2) is 113 Å². The average Bonchev–Trinajstić information content (AvgIpc) is 3.56. The van der Waals surface area contributed by atoms with E-state index < -0.39 is 11.6 Å². The van der Waals surface area contributed by atoms with E-state index in [1.807, 2.05) is 91.0 Å². The zero-order valence-electron chi connectivity index (χ0n) is 27.8. The number of ether oxygens (including phenoxy) is 3. The number of carbonyl (C=O) groups excluding carboxylic acids is 1. The van der Waals surface area contributed by atoms with E-state index in [1.54, 1.807) is 12.1 Å². The van der Waals surface area contributed by atoms with Crippen molar-refractivity contribution in [3.05, 3.63) is 130 Å². The Labute approximate surface area is 291 Å². The minimum atomic E-state index is -1.49. The summed E-state index contributed by atoms with van der Waals surface area (Å²) in [6.45, 7) is 4.74. The van der Waals surface area contributed by atoms with Crippen molar-refractivity contribution < 1.29 is 24.1 Å². The second kappa shape index (κ2) is 16.9. The van der Waals surface area contributed by atoms with Gasteiger partial charge in [-0.25, -0.2) is 10.4 Å². The third kappa shape index (κ3) is 8.31. The molecule has 258 valence electrons. The number of amides is 1. The molecule has 12 heteroatoms. The highest BCUT2D eigenvalue weighted by Gasteiger charge is 2.53. The molecule has 12 nitrogen and oxygen atoms in total. The molecule has 3 N–H and O–H groups in total. The lowest BCUT2D eigenvalue weighted by atomic mass is 9.81. The summed E-state index contributed by atoms with van der Waals surface area (Å²) in [5.41, 5.74) is 18.5. The first-order chi connectivity index (χ1) is 24.6. The van der Waals surface area contributed by atoms with Gasteiger partial charge in [0.1, 0.15) is 5.75 Å². The highest BCUT2D eigenvalue weighted by Crippen LogP contribution is 2.44. The minimum Gasteiger partial charge on any atom is -0.494 e. The number of azide groups is 1. The van der Waals surface area contributed by atoms with Crippen LogP contribution in [0.5, 0.6) is 5.75 Å². The van der Waals surface area contributed by atoms with Gasteiger partial charge in [0.05, 0.1) is 19.8 Å². The number of benzene rings is 4. The fraction of sp³-hybridized carbons (Fsp3) is 0.316. The van der Waals surface area contributed by atoms with Gasteiger partial charge in [0.25, 0.3) is 5.91 Å². The molecule has 1 amide bonds. The summed E-state index contributed by atoms with van der Waals surface area (Å²) in [5.74, 6) is 0.561. The van der Waals surface area contributed by atoms with Crippen LogP contribution in [0.1, 0.15) is 29.2 Å². The zero-order valence-corrected chi connectivity index (χ0v) is 27.8. The smallest absolute Gasteiger partial charge is 0.266 e. The first-order valence-electron chi connectivity index (χ1n) is 16.8. The Morgan fingerprint density at radius 3 is 2.40 bits per heavy atom. The molecular weight excluding hydrogens is 634 g/mol. The van der Waals surface area contributed by atoms with E-state index in [9.17, 15) is 10.3 Å². The molecule has 2 aliphatic rings. The summed E-state index contributed by atoms with van der Waals surface area (Å²) >= 11 is 0. The quantitative estimate of drug-likeness (QED) is 0.0494. The minimum absolute atomic E-state index is 0.0471. The van der Waals surface area contributed by atoms with Gasteiger partial charge in [0.2, 0.25) is 5.90 Å². The maximum atomic E-state index is 14.6. The molecule has 0 unspecified atom stereocenters. The standard InChI is InChI=1S/C38H41N7O5/c39-44-42-34-10-5-4-9-32(34)27-38(37(47)43-40-19-20-45-21-25-48-26-22-45)35(30-13-11-29(12-14-30)28-7-2-1-3-8-28)50-36(41-38)31-15-17-33(18-16-31)49-24-6-23-46/h1-5,7-18,35,40,46H,6,19-27H2,(H,43,47)/t35-,38-/m0/s1. The lowest BCUT2D eigenvalue weighted by Gasteiger charge is -2.31. The van der Waals surface area contributed by atoms with E-state index in [0.717, 1.165) is 36.3 Å². The molecule has 4 aromatic carbocycles. The number of hydrogen-bond acceptors (Lipinski definition) is 9. The molecule has 1 saturated heterocycles. The molecule has 6 rings (SSSR count). The molecule has 2 aliphatic heterocycles. The highest BCUT2D eigenvalue weighted by molar-refractivity contribution is 6.01. The number of aliphatic imine (C=N–C) groups is 1. The van der Waals surface area contributed by atoms with E-state index >= 15 is 0 Å². The van der Waals surface area contributed by atoms with Gasteiger partial charge in [-0.1, -0.05) is 84.0 Å². The fourth-order valence-corrected chi connectivity index (χ4v) is 6.15. The fourth-order valence-electron chi connectivity index (χ4n) is 6.15. The van der Waals surface area contributed by atoms with Crippen molar-refractivity contribution in [3.63, 3.8) is 0 Å². The van der Waals surface area contributed by atoms with Crippen molar-refractivity contribution >= 4 is 17.5 Å². The maximum absolute atomic E-state index is 14.6. The molecule has 0 aromatic heterocycles. The van der Waals surface area contributed by atoms with Gasteiger partial charge in [0, 0.05) is 61.8 Å². The van der Waals surface area contributed by atoms with Crippen molar-refractivity contribution in [1.29, 1.82) is 0 Å². The van der Waals surface area contributed by atoms with Gasteiger partial charge >= 0.3 is 0 Å². The summed E-state index contributed by atoms with van der Waals surface area (Å²) in [6, 6.07) is 32.5. The van der Waals surface area contributed by atoms with E-state index in [0.29, 0.717) is 61.2 Å². The van der Waals surface area contributed by atoms with Crippen LogP contribution >= 0.6 is 0 Å². The molecular formula is C38H41N7O5. The number of nitrogens with zero attached hydrogens (tertiary/aromatic N) is 5. The van der Waals surface area contributed by atoms with Crippen LogP contribution in [0.4, 0.5) is 5.69 Å². The van der Waals surface area contributed by atoms with Crippen molar-refractivity contribution in [2.24, 2.45) is 10.1 Å². The average molecular weight is 676 g/mol. The second-order valence-corrected chi connectivity index (χ2v) is 12.1. The highest BCUT2D eigenvalue weighted by atomic mass is 16.5. The summed E-state index contributed by atoms with van der Waals surface area (Å²) in [6.07, 6.45) is -0.212. The third-order valence-corrected chi connectivity index (χ3v) is 8.81. The molecule has 0 saturated carbocycles. The predicted octanol–water partition coefficient (Wildman–Crippen LogP) is 5.51. The Morgan fingerprint density at radius 1 is 0.960 bits per heavy atom. The van der Waals surface area contributed by atoms with Crippen molar-refractivity contribution in [3.8, 4) is 16.9 Å². The Hall–Kier alpha value is -5.23. The van der Waals surface area contributed by atoms with E-state index in [2.05, 4.69) is 25.8 Å². The lowest BCUT2D eigenvalue weighted by Crippen LogP contribution is -2.55. The van der Waals surface area contributed by atoms with Gasteiger partial charge in [-0.3, -0.25) is 15.1 Å². The number of hydrogen-bond donors (Lipinski definition) is 3. The van der Waals surface area contributed by atoms with Crippen LogP contribution in [-0.4, -0.2) is 80.0 Å². The largest absolute Gasteiger partial charge is 0.494 e. The van der Waals surface area contributed by atoms with Crippen LogP contribution in [0, 0.1) is 0 Å². The van der Waals surface area contributed by atoms with Crippen molar-refractivity contribution in [1.82, 2.24) is 15.8 Å². The van der Waals surface area contributed by atoms with Crippen LogP contribution in [-0.2, 0) is 20.7 Å². The van der Waals surface area contributed by atoms with Gasteiger partial charge in [0.15, 0.2) is 11.6 Å². The number of nitrogens with one attached hydrogen (secondary N) is 2. The number of rotatable bonds is 15. The number of hydrazine groups is 1. The molecule has 2 heterocycles. The molecule has 0 spiro atoms. The summed E-state index contributed by atoms with van der Waals surface area (Å²) in [4.78, 5) is 25.0. The number of carbonyl (C=O) groups is 1. The predicted molar refractivity (Wildman–Crippen MR) is 191 cm³/mol. The van der Waals surface area contributed by atoms with Gasteiger partial charge in [-0.05, 0) is 52.1 Å². The lowest BCUT2D eigenvalue weighted by molar-refractivity contribution is -0.130. The van der Waals surface area contributed by atoms with E-state index in [4.69, 9.17) is 24.3 Å². The zero-order chi connectivity index (χ0) is 34.6. The number of aliphatic hydroxyl groups excluding tert-OH is 1. The summed E-state index contributed by atoms with van der Waals surface area (Å²) in [5, 5.41) is 13.0. The second-order valence-electron chi connectivity index (χ2n) is 12.1. The summed E-state index contributed by atoms with van der Waals surface area (Å²) in [7, 11) is 0. The molecule has 2 atom stereocenters. The topological polar surface area (TPSA) is 153 Å². The first-order valence-corrected chi connectivity index (χ1v) is 16.8. The molecule has 50 heavy (non-hydrogen) atoms. The molecule has 4 aromatic rings. The van der Waals surface area contributed by atoms with Gasteiger partial charge < -0.3 is 19.3 Å². The Bertz CT molecular complexity index is 1790. The number of aliphatic hydroxyl groups is 1. The van der Waals surface area contributed by atoms with Gasteiger partial charge in [-0.2, -0.15) is 0 Å². The SMILES string of the molecule is [N-]=[N+]=Nc1ccccc1C[C@]1(C(=O)NNCCN2CCOCC2)N=C(c2ccc(OCCCO)cc2)O[C@H]1c1ccc(-c2ccccc2)cc1. The third-order valence-electron chi connectivity index (χ3n) is 8.81. The monoisotopic (exact) mass is 675 g/mol. The molecule has 0 bridgehead atoms. The molecule has 0 aliphatic carbocycles. The maximum Gasteiger partial charge on any atom is 0.266 e. The first kappa shape index (κ1) is 34.6. The Morgan fingerprint density at radius 2 is 1.66 bits per heavy atom. The van der Waals surface area contributed by atoms with Gasteiger partial charge in [-0.15, -0.1) is 0 Å². The molecule has 1 fully saturated rings. The number of morpholine rings is 1. The van der Waals surface area contributed by atoms with Crippen LogP contribution in [0.25, 0.3) is 21.6 Å². The van der Waals surface area contributed by atoms with E-state index in [1.165, 1.54) is 0 Å². The molecule has 0 radical (unpaired) electrons. The normalized spacial score (nSPS) is 18.8. The van der Waals surface area contributed by atoms with E-state index in [-0.39, 0.29) is 18.9 Å². The van der Waals surface area contributed by atoms with Crippen LogP contribution in [0.2, 0.25) is 0 Å². The summed E-state index contributed by atoms with van der Waals surface area (Å²) < 4.78 is 17.9. The Balaban J connectivity index is 1.37. The Kier molecular flexibility index (Phi) is 11.7. The van der Waals surface area contributed by atoms with Crippen molar-refractivity contribution in [2.75, 3.05) is 52.6 Å². The van der Waals surface area contributed by atoms with Crippen molar-refractivity contribution in [2.45, 2.75) is 24.5 Å².